The van der Waals surface area contributed by atoms with E-state index in [1.807, 2.05) is 0 Å². The lowest BCUT2D eigenvalue weighted by molar-refractivity contribution is -0.139. The number of hydrogen-bond donors (Lipinski definition) is 4. The van der Waals surface area contributed by atoms with E-state index in [1.54, 1.807) is 62.3 Å². The molecular formula is C20H36N4O8. The van der Waals surface area contributed by atoms with Crippen LogP contribution in [0.5, 0.6) is 0 Å². The van der Waals surface area contributed by atoms with Crippen molar-refractivity contribution >= 4 is 30.2 Å². The molecule has 0 bridgehead atoms. The summed E-state index contributed by atoms with van der Waals surface area (Å²) < 4.78 is 15.3. The summed E-state index contributed by atoms with van der Waals surface area (Å²) in [5.74, 6) is -1.58. The van der Waals surface area contributed by atoms with Gasteiger partial charge in [-0.2, -0.15) is 0 Å². The zero-order valence-corrected chi connectivity index (χ0v) is 20.2. The van der Waals surface area contributed by atoms with Crippen LogP contribution >= 0.6 is 0 Å². The van der Waals surface area contributed by atoms with Gasteiger partial charge in [0.05, 0.1) is 0 Å². The number of carboxylic acids is 1. The van der Waals surface area contributed by atoms with Crippen LogP contribution < -0.4 is 16.0 Å². The largest absolute Gasteiger partial charge is 0.480 e. The molecule has 184 valence electrons. The average Bonchev–Trinajstić information content (AvgIpc) is 2.47. The van der Waals surface area contributed by atoms with E-state index in [4.69, 9.17) is 14.2 Å². The van der Waals surface area contributed by atoms with Crippen LogP contribution in [0.3, 0.4) is 0 Å². The van der Waals surface area contributed by atoms with Crippen LogP contribution in [0.1, 0.15) is 68.7 Å². The van der Waals surface area contributed by atoms with Crippen molar-refractivity contribution in [3.63, 3.8) is 0 Å². The van der Waals surface area contributed by atoms with Gasteiger partial charge in [-0.05, 0) is 68.7 Å². The van der Waals surface area contributed by atoms with E-state index in [9.17, 15) is 24.3 Å². The second-order valence-corrected chi connectivity index (χ2v) is 9.82. The Bertz CT molecular complexity index is 715. The van der Waals surface area contributed by atoms with Gasteiger partial charge in [-0.25, -0.2) is 19.2 Å². The lowest BCUT2D eigenvalue weighted by atomic mass is 10.2. The fourth-order valence-electron chi connectivity index (χ4n) is 1.93. The Labute approximate surface area is 188 Å². The maximum Gasteiger partial charge on any atom is 0.437 e. The summed E-state index contributed by atoms with van der Waals surface area (Å²) in [5.41, 5.74) is -2.41. The fourth-order valence-corrected chi connectivity index (χ4v) is 1.93. The Morgan fingerprint density at radius 2 is 1.28 bits per heavy atom. The molecule has 0 aliphatic rings. The number of nitrogens with zero attached hydrogens (tertiary/aromatic N) is 1. The van der Waals surface area contributed by atoms with Gasteiger partial charge in [0, 0.05) is 6.54 Å². The maximum atomic E-state index is 12.0. The van der Waals surface area contributed by atoms with Gasteiger partial charge in [-0.3, -0.25) is 5.32 Å². The molecule has 0 rings (SSSR count). The second-order valence-electron chi connectivity index (χ2n) is 9.82. The van der Waals surface area contributed by atoms with Crippen molar-refractivity contribution in [2.24, 2.45) is 4.99 Å². The number of carbonyl (C=O) groups is 4. The standard InChI is InChI=1S/C20H36N4O8/c1-18(2,3)30-15(27)22-12(13(25)26)10-11-21-14(23-16(28)31-19(4,5)6)24-17(29)32-20(7,8)9/h12H,10-11H2,1-9H3,(H,22,27)(H,25,26)(H2,21,23,24,28,29). The monoisotopic (exact) mass is 460 g/mol. The topological polar surface area (TPSA) is 165 Å². The molecule has 3 amide bonds. The summed E-state index contributed by atoms with van der Waals surface area (Å²) in [7, 11) is 0. The van der Waals surface area contributed by atoms with Gasteiger partial charge >= 0.3 is 24.2 Å². The van der Waals surface area contributed by atoms with Crippen LogP contribution in [0.25, 0.3) is 0 Å². The molecule has 4 N–H and O–H groups in total. The minimum Gasteiger partial charge on any atom is -0.480 e. The van der Waals surface area contributed by atoms with E-state index in [2.05, 4.69) is 20.9 Å². The molecule has 0 aliphatic carbocycles. The SMILES string of the molecule is CC(C)(C)OC(=O)/N=C(/NCCC(NC(=O)OC(C)(C)C)C(=O)O)NC(=O)OC(C)(C)C. The predicted octanol–water partition coefficient (Wildman–Crippen LogP) is 2.76. The summed E-state index contributed by atoms with van der Waals surface area (Å²) in [6.45, 7) is 14.8. The van der Waals surface area contributed by atoms with Crippen molar-refractivity contribution < 1.29 is 38.5 Å². The molecule has 12 heteroatoms. The molecule has 0 aliphatic heterocycles. The first-order valence-electron chi connectivity index (χ1n) is 10.1. The first-order chi connectivity index (χ1) is 14.3. The van der Waals surface area contributed by atoms with Crippen LogP contribution in [-0.4, -0.2) is 64.7 Å². The van der Waals surface area contributed by atoms with Gasteiger partial charge in [0.25, 0.3) is 0 Å². The first kappa shape index (κ1) is 28.9. The molecular weight excluding hydrogens is 424 g/mol. The van der Waals surface area contributed by atoms with Gasteiger partial charge in [-0.15, -0.1) is 4.99 Å². The zero-order chi connectivity index (χ0) is 25.3. The molecule has 0 spiro atoms. The number of rotatable bonds is 5. The number of aliphatic imine (C=N–C) groups is 1. The van der Waals surface area contributed by atoms with Crippen LogP contribution in [0, 0.1) is 0 Å². The summed E-state index contributed by atoms with van der Waals surface area (Å²) >= 11 is 0. The molecule has 32 heavy (non-hydrogen) atoms. The van der Waals surface area contributed by atoms with E-state index in [0.29, 0.717) is 0 Å². The van der Waals surface area contributed by atoms with Gasteiger partial charge in [0.2, 0.25) is 5.96 Å². The highest BCUT2D eigenvalue weighted by Gasteiger charge is 2.25. The number of hydrogen-bond acceptors (Lipinski definition) is 7. The molecule has 0 heterocycles. The van der Waals surface area contributed by atoms with Gasteiger partial charge in [-0.1, -0.05) is 0 Å². The van der Waals surface area contributed by atoms with E-state index >= 15 is 0 Å². The van der Waals surface area contributed by atoms with E-state index in [1.165, 1.54) is 0 Å². The number of nitrogens with one attached hydrogen (secondary N) is 3. The number of ether oxygens (including phenoxy) is 3. The zero-order valence-electron chi connectivity index (χ0n) is 20.2. The summed E-state index contributed by atoms with van der Waals surface area (Å²) in [5, 5.41) is 16.5. The highest BCUT2D eigenvalue weighted by molar-refractivity contribution is 5.98. The molecule has 12 nitrogen and oxygen atoms in total. The molecule has 0 aromatic rings. The Balaban J connectivity index is 5.20. The minimum absolute atomic E-state index is 0.0792. The highest BCUT2D eigenvalue weighted by Crippen LogP contribution is 2.09. The summed E-state index contributed by atoms with van der Waals surface area (Å²) in [6, 6.07) is -1.29. The van der Waals surface area contributed by atoms with Crippen molar-refractivity contribution in [3.8, 4) is 0 Å². The van der Waals surface area contributed by atoms with Crippen molar-refractivity contribution in [2.45, 2.75) is 91.6 Å². The molecule has 0 aromatic carbocycles. The number of aliphatic carboxylic acids is 1. The minimum atomic E-state index is -1.29. The average molecular weight is 461 g/mol. The lowest BCUT2D eigenvalue weighted by Gasteiger charge is -2.22. The molecule has 0 saturated carbocycles. The third kappa shape index (κ3) is 15.7. The van der Waals surface area contributed by atoms with Crippen LogP contribution in [0.2, 0.25) is 0 Å². The molecule has 1 unspecified atom stereocenters. The molecule has 0 fully saturated rings. The molecule has 0 saturated heterocycles. The van der Waals surface area contributed by atoms with Gasteiger partial charge < -0.3 is 30.0 Å². The van der Waals surface area contributed by atoms with Crippen molar-refractivity contribution in [1.82, 2.24) is 16.0 Å². The number of carbonyl (C=O) groups excluding carboxylic acids is 3. The van der Waals surface area contributed by atoms with Crippen LogP contribution in [-0.2, 0) is 19.0 Å². The Morgan fingerprint density at radius 1 is 0.812 bits per heavy atom. The highest BCUT2D eigenvalue weighted by atomic mass is 16.6. The Hall–Kier alpha value is -3.05. The van der Waals surface area contributed by atoms with Gasteiger partial charge in [0.1, 0.15) is 22.8 Å². The third-order valence-electron chi connectivity index (χ3n) is 2.93. The quantitative estimate of drug-likeness (QED) is 0.274. The molecule has 0 radical (unpaired) electrons. The third-order valence-corrected chi connectivity index (χ3v) is 2.93. The molecule has 1 atom stereocenters. The van der Waals surface area contributed by atoms with E-state index in [0.717, 1.165) is 0 Å². The van der Waals surface area contributed by atoms with Gasteiger partial charge in [0.15, 0.2) is 0 Å². The number of guanidine groups is 1. The normalized spacial score (nSPS) is 13.5. The lowest BCUT2D eigenvalue weighted by Crippen LogP contribution is -2.47. The summed E-state index contributed by atoms with van der Waals surface area (Å²) in [6.07, 6.45) is -2.86. The Kier molecular flexibility index (Phi) is 10.4. The number of carboxylic acid groups (broad SMARTS) is 1. The number of amides is 3. The first-order valence-corrected chi connectivity index (χ1v) is 10.1. The van der Waals surface area contributed by atoms with Crippen molar-refractivity contribution in [3.05, 3.63) is 0 Å². The summed E-state index contributed by atoms with van der Waals surface area (Å²) in [4.78, 5) is 51.0. The maximum absolute atomic E-state index is 12.0. The van der Waals surface area contributed by atoms with E-state index < -0.39 is 47.1 Å². The Morgan fingerprint density at radius 3 is 1.72 bits per heavy atom. The second kappa shape index (κ2) is 11.5. The van der Waals surface area contributed by atoms with Crippen molar-refractivity contribution in [2.75, 3.05) is 6.54 Å². The van der Waals surface area contributed by atoms with Crippen molar-refractivity contribution in [1.29, 1.82) is 0 Å². The van der Waals surface area contributed by atoms with Crippen LogP contribution in [0.15, 0.2) is 4.99 Å². The molecule has 0 aromatic heterocycles. The predicted molar refractivity (Wildman–Crippen MR) is 116 cm³/mol. The van der Waals surface area contributed by atoms with E-state index in [-0.39, 0.29) is 18.9 Å². The number of alkyl carbamates (subject to hydrolysis) is 2. The van der Waals surface area contributed by atoms with Crippen LogP contribution in [0.4, 0.5) is 14.4 Å². The smallest absolute Gasteiger partial charge is 0.437 e. The fraction of sp³-hybridized carbons (Fsp3) is 0.750.